The predicted octanol–water partition coefficient (Wildman–Crippen LogP) is 7.09. The Balaban J connectivity index is 1.65. The summed E-state index contributed by atoms with van der Waals surface area (Å²) in [5, 5.41) is 0. The fourth-order valence-electron chi connectivity index (χ4n) is 3.63. The van der Waals surface area contributed by atoms with Crippen LogP contribution in [0.3, 0.4) is 0 Å². The van der Waals surface area contributed by atoms with Gasteiger partial charge in [-0.2, -0.15) is 0 Å². The van der Waals surface area contributed by atoms with Crippen molar-refractivity contribution in [2.24, 2.45) is 0 Å². The summed E-state index contributed by atoms with van der Waals surface area (Å²) in [6.07, 6.45) is 0. The Kier molecular flexibility index (Phi) is 7.40. The van der Waals surface area contributed by atoms with Gasteiger partial charge in [0.2, 0.25) is 0 Å². The van der Waals surface area contributed by atoms with E-state index in [1.54, 1.807) is 13.8 Å². The SMILES string of the molecule is CC(C)(C)Oc1ccc(C(C)(C)c2ccc(OC(C)(C)C(=O)OCc3ccccc3)cc2)cc1. The smallest absolute Gasteiger partial charge is 0.350 e. The molecule has 0 aromatic heterocycles. The Labute approximate surface area is 203 Å². The summed E-state index contributed by atoms with van der Waals surface area (Å²) in [6.45, 7) is 14.2. The Morgan fingerprint density at radius 3 is 1.59 bits per heavy atom. The van der Waals surface area contributed by atoms with Crippen LogP contribution in [-0.4, -0.2) is 17.2 Å². The number of hydrogen-bond donors (Lipinski definition) is 0. The van der Waals surface area contributed by atoms with E-state index in [0.29, 0.717) is 5.75 Å². The lowest BCUT2D eigenvalue weighted by atomic mass is 9.78. The van der Waals surface area contributed by atoms with Crippen molar-refractivity contribution in [3.05, 3.63) is 95.6 Å². The maximum absolute atomic E-state index is 12.6. The molecule has 4 heteroatoms. The molecule has 34 heavy (non-hydrogen) atoms. The van der Waals surface area contributed by atoms with Crippen LogP contribution in [0.2, 0.25) is 0 Å². The standard InChI is InChI=1S/C30H36O4/c1-28(2,3)33-25-17-13-23(14-18-25)29(4,5)24-15-19-26(20-16-24)34-30(6,7)27(31)32-21-22-11-9-8-10-12-22/h8-20H,21H2,1-7H3. The van der Waals surface area contributed by atoms with E-state index >= 15 is 0 Å². The Bertz CT molecular complexity index is 1070. The molecule has 0 atom stereocenters. The molecule has 180 valence electrons. The molecule has 0 saturated carbocycles. The van der Waals surface area contributed by atoms with E-state index in [9.17, 15) is 4.79 Å². The number of esters is 1. The van der Waals surface area contributed by atoms with Crippen molar-refractivity contribution in [1.29, 1.82) is 0 Å². The molecule has 0 amide bonds. The molecular formula is C30H36O4. The van der Waals surface area contributed by atoms with Crippen molar-refractivity contribution < 1.29 is 19.0 Å². The average Bonchev–Trinajstić information content (AvgIpc) is 2.77. The maximum Gasteiger partial charge on any atom is 0.350 e. The first-order valence-electron chi connectivity index (χ1n) is 11.7. The van der Waals surface area contributed by atoms with Crippen LogP contribution in [0.25, 0.3) is 0 Å². The van der Waals surface area contributed by atoms with Gasteiger partial charge in [-0.25, -0.2) is 4.79 Å². The first kappa shape index (κ1) is 25.4. The highest BCUT2D eigenvalue weighted by Gasteiger charge is 2.32. The number of rotatable bonds is 8. The maximum atomic E-state index is 12.6. The molecule has 0 heterocycles. The summed E-state index contributed by atoms with van der Waals surface area (Å²) in [7, 11) is 0. The van der Waals surface area contributed by atoms with Crippen LogP contribution in [0.15, 0.2) is 78.9 Å². The lowest BCUT2D eigenvalue weighted by Gasteiger charge is -2.28. The van der Waals surface area contributed by atoms with Gasteiger partial charge in [0.15, 0.2) is 5.60 Å². The molecule has 0 N–H and O–H groups in total. The summed E-state index contributed by atoms with van der Waals surface area (Å²) < 4.78 is 17.4. The molecule has 0 unspecified atom stereocenters. The second-order valence-electron chi connectivity index (χ2n) is 10.6. The normalized spacial score (nSPS) is 12.2. The molecule has 0 fully saturated rings. The van der Waals surface area contributed by atoms with Gasteiger partial charge >= 0.3 is 5.97 Å². The number of ether oxygens (including phenoxy) is 3. The van der Waals surface area contributed by atoms with Crippen LogP contribution in [-0.2, 0) is 21.6 Å². The second kappa shape index (κ2) is 9.92. The average molecular weight is 461 g/mol. The minimum absolute atomic E-state index is 0.205. The van der Waals surface area contributed by atoms with Crippen LogP contribution in [0.1, 0.15) is 65.2 Å². The highest BCUT2D eigenvalue weighted by molar-refractivity contribution is 5.79. The highest BCUT2D eigenvalue weighted by Crippen LogP contribution is 2.34. The molecule has 0 aliphatic heterocycles. The van der Waals surface area contributed by atoms with Gasteiger partial charge in [0.1, 0.15) is 23.7 Å². The fourth-order valence-corrected chi connectivity index (χ4v) is 3.63. The molecule has 0 aliphatic carbocycles. The summed E-state index contributed by atoms with van der Waals surface area (Å²) in [4.78, 5) is 12.6. The van der Waals surface area contributed by atoms with Crippen LogP contribution in [0, 0.1) is 0 Å². The van der Waals surface area contributed by atoms with Crippen LogP contribution >= 0.6 is 0 Å². The van der Waals surface area contributed by atoms with Gasteiger partial charge in [-0.05, 0) is 75.6 Å². The zero-order valence-corrected chi connectivity index (χ0v) is 21.3. The van der Waals surface area contributed by atoms with E-state index < -0.39 is 11.6 Å². The number of carbonyl (C=O) groups excluding carboxylic acids is 1. The summed E-state index contributed by atoms with van der Waals surface area (Å²) in [5.74, 6) is 1.07. The van der Waals surface area contributed by atoms with E-state index in [0.717, 1.165) is 16.9 Å². The van der Waals surface area contributed by atoms with Gasteiger partial charge in [0, 0.05) is 5.41 Å². The minimum Gasteiger partial charge on any atom is -0.488 e. The zero-order chi connectivity index (χ0) is 25.0. The van der Waals surface area contributed by atoms with Gasteiger partial charge in [0.05, 0.1) is 0 Å². The third-order valence-corrected chi connectivity index (χ3v) is 5.65. The van der Waals surface area contributed by atoms with Crippen molar-refractivity contribution in [1.82, 2.24) is 0 Å². The van der Waals surface area contributed by atoms with Crippen molar-refractivity contribution >= 4 is 5.97 Å². The van der Waals surface area contributed by atoms with Crippen molar-refractivity contribution in [3.63, 3.8) is 0 Å². The topological polar surface area (TPSA) is 44.8 Å². The van der Waals surface area contributed by atoms with Gasteiger partial charge in [-0.15, -0.1) is 0 Å². The molecular weight excluding hydrogens is 424 g/mol. The van der Waals surface area contributed by atoms with Crippen LogP contribution in [0.5, 0.6) is 11.5 Å². The third-order valence-electron chi connectivity index (χ3n) is 5.65. The second-order valence-corrected chi connectivity index (χ2v) is 10.6. The monoisotopic (exact) mass is 460 g/mol. The zero-order valence-electron chi connectivity index (χ0n) is 21.3. The highest BCUT2D eigenvalue weighted by atomic mass is 16.6. The lowest BCUT2D eigenvalue weighted by molar-refractivity contribution is -0.160. The third kappa shape index (κ3) is 6.63. The van der Waals surface area contributed by atoms with Crippen LogP contribution < -0.4 is 9.47 Å². The molecule has 0 saturated heterocycles. The predicted molar refractivity (Wildman–Crippen MR) is 136 cm³/mol. The Morgan fingerprint density at radius 1 is 0.647 bits per heavy atom. The van der Waals surface area contributed by atoms with E-state index in [4.69, 9.17) is 14.2 Å². The van der Waals surface area contributed by atoms with E-state index in [1.165, 1.54) is 5.56 Å². The molecule has 3 aromatic carbocycles. The summed E-state index contributed by atoms with van der Waals surface area (Å²) in [6, 6.07) is 25.8. The quantitative estimate of drug-likeness (QED) is 0.337. The first-order valence-corrected chi connectivity index (χ1v) is 11.7. The van der Waals surface area contributed by atoms with E-state index in [2.05, 4.69) is 26.0 Å². The Morgan fingerprint density at radius 2 is 1.12 bits per heavy atom. The van der Waals surface area contributed by atoms with E-state index in [1.807, 2.05) is 87.5 Å². The molecule has 0 spiro atoms. The summed E-state index contributed by atoms with van der Waals surface area (Å²) in [5.41, 5.74) is 1.74. The lowest BCUT2D eigenvalue weighted by Crippen LogP contribution is -2.39. The number of carbonyl (C=O) groups is 1. The summed E-state index contributed by atoms with van der Waals surface area (Å²) >= 11 is 0. The molecule has 0 aliphatic rings. The van der Waals surface area contributed by atoms with Gasteiger partial charge in [-0.1, -0.05) is 68.4 Å². The first-order chi connectivity index (χ1) is 15.9. The number of hydrogen-bond acceptors (Lipinski definition) is 4. The van der Waals surface area contributed by atoms with Gasteiger partial charge in [-0.3, -0.25) is 0 Å². The minimum atomic E-state index is -1.10. The van der Waals surface area contributed by atoms with Crippen molar-refractivity contribution in [2.45, 2.75) is 71.7 Å². The van der Waals surface area contributed by atoms with E-state index in [-0.39, 0.29) is 17.6 Å². The molecule has 3 rings (SSSR count). The number of benzene rings is 3. The van der Waals surface area contributed by atoms with Crippen molar-refractivity contribution in [2.75, 3.05) is 0 Å². The van der Waals surface area contributed by atoms with Crippen LogP contribution in [0.4, 0.5) is 0 Å². The van der Waals surface area contributed by atoms with Crippen molar-refractivity contribution in [3.8, 4) is 11.5 Å². The van der Waals surface area contributed by atoms with Gasteiger partial charge < -0.3 is 14.2 Å². The fraction of sp³-hybridized carbons (Fsp3) is 0.367. The molecule has 3 aromatic rings. The van der Waals surface area contributed by atoms with Gasteiger partial charge in [0.25, 0.3) is 0 Å². The Hall–Kier alpha value is -3.27. The molecule has 0 radical (unpaired) electrons. The largest absolute Gasteiger partial charge is 0.488 e. The molecule has 4 nitrogen and oxygen atoms in total. The molecule has 0 bridgehead atoms.